The SMILES string of the molecule is Cc1ccc(NC(=O)c2ccccc2)c(NC=C(C#N)C#N)c1. The van der Waals surface area contributed by atoms with Crippen molar-refractivity contribution in [3.63, 3.8) is 0 Å². The van der Waals surface area contributed by atoms with Crippen molar-refractivity contribution >= 4 is 17.3 Å². The zero-order chi connectivity index (χ0) is 16.7. The zero-order valence-electron chi connectivity index (χ0n) is 12.5. The van der Waals surface area contributed by atoms with E-state index in [4.69, 9.17) is 10.5 Å². The average Bonchev–Trinajstić information content (AvgIpc) is 2.58. The highest BCUT2D eigenvalue weighted by Gasteiger charge is 2.08. The third kappa shape index (κ3) is 4.20. The van der Waals surface area contributed by atoms with E-state index in [1.54, 1.807) is 42.5 Å². The highest BCUT2D eigenvalue weighted by molar-refractivity contribution is 6.05. The largest absolute Gasteiger partial charge is 0.358 e. The van der Waals surface area contributed by atoms with Gasteiger partial charge in [-0.15, -0.1) is 0 Å². The number of benzene rings is 2. The molecule has 0 saturated heterocycles. The Balaban J connectivity index is 2.26. The number of aryl methyl sites for hydroxylation is 1. The molecular weight excluding hydrogens is 288 g/mol. The summed E-state index contributed by atoms with van der Waals surface area (Å²) in [4.78, 5) is 12.2. The van der Waals surface area contributed by atoms with Crippen molar-refractivity contribution in [2.75, 3.05) is 10.6 Å². The van der Waals surface area contributed by atoms with Gasteiger partial charge in [0.25, 0.3) is 5.91 Å². The number of anilines is 2. The summed E-state index contributed by atoms with van der Waals surface area (Å²) < 4.78 is 0. The van der Waals surface area contributed by atoms with E-state index in [9.17, 15) is 4.79 Å². The van der Waals surface area contributed by atoms with Crippen LogP contribution in [-0.4, -0.2) is 5.91 Å². The Morgan fingerprint density at radius 2 is 1.74 bits per heavy atom. The van der Waals surface area contributed by atoms with Gasteiger partial charge in [-0.25, -0.2) is 0 Å². The summed E-state index contributed by atoms with van der Waals surface area (Å²) in [5, 5.41) is 23.3. The highest BCUT2D eigenvalue weighted by Crippen LogP contribution is 2.24. The molecule has 0 aliphatic carbocycles. The molecule has 2 N–H and O–H groups in total. The molecule has 1 amide bonds. The van der Waals surface area contributed by atoms with Crippen LogP contribution < -0.4 is 10.6 Å². The number of nitrogens with one attached hydrogen (secondary N) is 2. The maximum Gasteiger partial charge on any atom is 0.255 e. The van der Waals surface area contributed by atoms with Gasteiger partial charge in [-0.1, -0.05) is 24.3 Å². The van der Waals surface area contributed by atoms with Crippen LogP contribution in [-0.2, 0) is 0 Å². The summed E-state index contributed by atoms with van der Waals surface area (Å²) in [5.74, 6) is -0.234. The third-order valence-electron chi connectivity index (χ3n) is 3.07. The number of hydrogen-bond acceptors (Lipinski definition) is 4. The number of nitrogens with zero attached hydrogens (tertiary/aromatic N) is 2. The lowest BCUT2D eigenvalue weighted by atomic mass is 10.1. The second kappa shape index (κ2) is 7.44. The lowest BCUT2D eigenvalue weighted by Crippen LogP contribution is -2.13. The molecule has 0 atom stereocenters. The van der Waals surface area contributed by atoms with E-state index in [0.717, 1.165) is 5.56 Å². The van der Waals surface area contributed by atoms with Crippen molar-refractivity contribution in [3.05, 3.63) is 71.4 Å². The normalized spacial score (nSPS) is 9.17. The number of hydrogen-bond donors (Lipinski definition) is 2. The number of carbonyl (C=O) groups excluding carboxylic acids is 1. The first-order chi connectivity index (χ1) is 11.1. The monoisotopic (exact) mass is 302 g/mol. The van der Waals surface area contributed by atoms with Crippen molar-refractivity contribution in [2.45, 2.75) is 6.92 Å². The third-order valence-corrected chi connectivity index (χ3v) is 3.07. The van der Waals surface area contributed by atoms with Crippen molar-refractivity contribution < 1.29 is 4.79 Å². The molecule has 23 heavy (non-hydrogen) atoms. The molecule has 0 aliphatic heterocycles. The van der Waals surface area contributed by atoms with Gasteiger partial charge in [0.05, 0.1) is 11.4 Å². The van der Waals surface area contributed by atoms with E-state index in [1.807, 2.05) is 25.1 Å². The molecule has 0 fully saturated rings. The molecule has 0 spiro atoms. The van der Waals surface area contributed by atoms with Gasteiger partial charge in [-0.2, -0.15) is 10.5 Å². The van der Waals surface area contributed by atoms with Crippen molar-refractivity contribution in [1.82, 2.24) is 0 Å². The molecule has 2 aromatic carbocycles. The van der Waals surface area contributed by atoms with Crippen molar-refractivity contribution in [1.29, 1.82) is 10.5 Å². The molecule has 0 unspecified atom stereocenters. The number of allylic oxidation sites excluding steroid dienone is 1. The lowest BCUT2D eigenvalue weighted by molar-refractivity contribution is 0.102. The Bertz CT molecular complexity index is 810. The van der Waals surface area contributed by atoms with Gasteiger partial charge in [-0.05, 0) is 36.8 Å². The van der Waals surface area contributed by atoms with Gasteiger partial charge in [-0.3, -0.25) is 4.79 Å². The van der Waals surface area contributed by atoms with E-state index >= 15 is 0 Å². The van der Waals surface area contributed by atoms with Crippen LogP contribution in [0.1, 0.15) is 15.9 Å². The number of carbonyl (C=O) groups is 1. The first-order valence-corrected chi connectivity index (χ1v) is 6.88. The minimum atomic E-state index is -0.234. The van der Waals surface area contributed by atoms with Crippen molar-refractivity contribution in [2.24, 2.45) is 0 Å². The topological polar surface area (TPSA) is 88.7 Å². The lowest BCUT2D eigenvalue weighted by Gasteiger charge is -2.12. The fourth-order valence-electron chi connectivity index (χ4n) is 1.91. The Morgan fingerprint density at radius 1 is 1.04 bits per heavy atom. The Labute approximate surface area is 134 Å². The summed E-state index contributed by atoms with van der Waals surface area (Å²) in [6, 6.07) is 17.9. The van der Waals surface area contributed by atoms with E-state index in [0.29, 0.717) is 16.9 Å². The standard InChI is InChI=1S/C18H14N4O/c1-13-7-8-16(17(9-13)21-12-14(10-19)11-20)22-18(23)15-5-3-2-4-6-15/h2-9,12,21H,1H3,(H,22,23). The molecule has 112 valence electrons. The molecule has 0 radical (unpaired) electrons. The Kier molecular flexibility index (Phi) is 5.12. The summed E-state index contributed by atoms with van der Waals surface area (Å²) in [5.41, 5.74) is 2.65. The summed E-state index contributed by atoms with van der Waals surface area (Å²) >= 11 is 0. The van der Waals surface area contributed by atoms with E-state index in [1.165, 1.54) is 6.20 Å². The van der Waals surface area contributed by atoms with Crippen LogP contribution in [0.4, 0.5) is 11.4 Å². The molecule has 0 aliphatic rings. The minimum Gasteiger partial charge on any atom is -0.358 e. The molecular formula is C18H14N4O. The highest BCUT2D eigenvalue weighted by atomic mass is 16.1. The molecule has 0 aromatic heterocycles. The molecule has 2 aromatic rings. The molecule has 0 heterocycles. The van der Waals surface area contributed by atoms with Crippen molar-refractivity contribution in [3.8, 4) is 12.1 Å². The van der Waals surface area contributed by atoms with E-state index in [2.05, 4.69) is 10.6 Å². The Morgan fingerprint density at radius 3 is 2.39 bits per heavy atom. The second-order valence-corrected chi connectivity index (χ2v) is 4.80. The quantitative estimate of drug-likeness (QED) is 0.845. The van der Waals surface area contributed by atoms with Crippen LogP contribution in [0.5, 0.6) is 0 Å². The van der Waals surface area contributed by atoms with Crippen LogP contribution >= 0.6 is 0 Å². The van der Waals surface area contributed by atoms with Gasteiger partial charge in [0.2, 0.25) is 0 Å². The molecule has 5 heteroatoms. The number of amides is 1. The van der Waals surface area contributed by atoms with Gasteiger partial charge in [0, 0.05) is 11.8 Å². The van der Waals surface area contributed by atoms with E-state index < -0.39 is 0 Å². The predicted octanol–water partition coefficient (Wildman–Crippen LogP) is 3.59. The summed E-state index contributed by atoms with van der Waals surface area (Å²) in [7, 11) is 0. The van der Waals surface area contributed by atoms with Crippen LogP contribution in [0.2, 0.25) is 0 Å². The molecule has 0 bridgehead atoms. The van der Waals surface area contributed by atoms with Crippen LogP contribution in [0.25, 0.3) is 0 Å². The molecule has 5 nitrogen and oxygen atoms in total. The Hall–Kier alpha value is -3.57. The average molecular weight is 302 g/mol. The second-order valence-electron chi connectivity index (χ2n) is 4.80. The number of rotatable bonds is 4. The molecule has 2 rings (SSSR count). The summed E-state index contributed by atoms with van der Waals surface area (Å²) in [6.45, 7) is 1.91. The fraction of sp³-hybridized carbons (Fsp3) is 0.0556. The number of nitriles is 2. The maximum absolute atomic E-state index is 12.2. The summed E-state index contributed by atoms with van der Waals surface area (Å²) in [6.07, 6.45) is 1.31. The van der Waals surface area contributed by atoms with Gasteiger partial charge in [0.15, 0.2) is 0 Å². The van der Waals surface area contributed by atoms with Gasteiger partial charge < -0.3 is 10.6 Å². The zero-order valence-corrected chi connectivity index (χ0v) is 12.5. The van der Waals surface area contributed by atoms with Gasteiger partial charge in [0.1, 0.15) is 17.7 Å². The fourth-order valence-corrected chi connectivity index (χ4v) is 1.91. The maximum atomic E-state index is 12.2. The van der Waals surface area contributed by atoms with Crippen LogP contribution in [0, 0.1) is 29.6 Å². The first-order valence-electron chi connectivity index (χ1n) is 6.88. The molecule has 0 saturated carbocycles. The van der Waals surface area contributed by atoms with E-state index in [-0.39, 0.29) is 11.5 Å². The smallest absolute Gasteiger partial charge is 0.255 e. The predicted molar refractivity (Wildman–Crippen MR) is 88.5 cm³/mol. The van der Waals surface area contributed by atoms with Crippen LogP contribution in [0.3, 0.4) is 0 Å². The first kappa shape index (κ1) is 15.8. The van der Waals surface area contributed by atoms with Gasteiger partial charge >= 0.3 is 0 Å². The minimum absolute atomic E-state index is 0.0492. The van der Waals surface area contributed by atoms with Crippen LogP contribution in [0.15, 0.2) is 60.3 Å².